The van der Waals surface area contributed by atoms with Crippen LogP contribution in [-0.4, -0.2) is 30.2 Å². The number of ether oxygens (including phenoxy) is 1. The third-order valence-corrected chi connectivity index (χ3v) is 5.51. The van der Waals surface area contributed by atoms with Gasteiger partial charge in [-0.15, -0.1) is 0 Å². The summed E-state index contributed by atoms with van der Waals surface area (Å²) in [7, 11) is 0. The molecule has 5 heteroatoms. The fourth-order valence-corrected chi connectivity index (χ4v) is 5.35. The maximum Gasteiger partial charge on any atom is 0.376 e. The summed E-state index contributed by atoms with van der Waals surface area (Å²) in [5.74, 6) is -3.73. The first kappa shape index (κ1) is 14.2. The lowest BCUT2D eigenvalue weighted by atomic mass is 9.44. The van der Waals surface area contributed by atoms with Crippen LogP contribution in [0.15, 0.2) is 0 Å². The monoisotopic (exact) mass is 288 g/mol. The largest absolute Gasteiger partial charge is 0.461 e. The second-order valence-corrected chi connectivity index (χ2v) is 7.58. The summed E-state index contributed by atoms with van der Waals surface area (Å²) < 4.78 is 30.7. The second kappa shape index (κ2) is 4.39. The summed E-state index contributed by atoms with van der Waals surface area (Å²) in [6, 6.07) is 0. The molecule has 0 aliphatic heterocycles. The number of aliphatic hydroxyl groups is 1. The molecular formula is C15H22F2O3. The fraction of sp³-hybridized carbons (Fsp3) is 0.933. The van der Waals surface area contributed by atoms with Crippen molar-refractivity contribution in [3.63, 3.8) is 0 Å². The van der Waals surface area contributed by atoms with E-state index in [9.17, 15) is 18.7 Å². The van der Waals surface area contributed by atoms with Crippen LogP contribution in [0.25, 0.3) is 0 Å². The average molecular weight is 288 g/mol. The zero-order valence-corrected chi connectivity index (χ0v) is 11.8. The van der Waals surface area contributed by atoms with Gasteiger partial charge in [0.15, 0.2) is 0 Å². The predicted octanol–water partition coefficient (Wildman–Crippen LogP) is 2.76. The molecule has 114 valence electrons. The zero-order valence-electron chi connectivity index (χ0n) is 11.8. The fourth-order valence-electron chi connectivity index (χ4n) is 5.35. The van der Waals surface area contributed by atoms with E-state index >= 15 is 0 Å². The van der Waals surface area contributed by atoms with Crippen LogP contribution in [0.2, 0.25) is 0 Å². The quantitative estimate of drug-likeness (QED) is 0.809. The first-order chi connectivity index (χ1) is 9.26. The molecule has 2 atom stereocenters. The van der Waals surface area contributed by atoms with E-state index in [-0.39, 0.29) is 24.0 Å². The zero-order chi connectivity index (χ0) is 14.6. The minimum Gasteiger partial charge on any atom is -0.461 e. The number of hydrogen-bond acceptors (Lipinski definition) is 3. The number of halogens is 2. The molecule has 0 aromatic heterocycles. The van der Waals surface area contributed by atoms with Crippen LogP contribution in [-0.2, 0) is 9.53 Å². The highest BCUT2D eigenvalue weighted by molar-refractivity contribution is 5.76. The summed E-state index contributed by atoms with van der Waals surface area (Å²) >= 11 is 0. The summed E-state index contributed by atoms with van der Waals surface area (Å²) in [6.07, 6.45) is 5.98. The molecule has 0 heterocycles. The number of alkyl halides is 2. The molecule has 4 saturated carbocycles. The van der Waals surface area contributed by atoms with Gasteiger partial charge in [0.05, 0.1) is 6.61 Å². The second-order valence-electron chi connectivity index (χ2n) is 7.58. The van der Waals surface area contributed by atoms with Crippen LogP contribution in [0.3, 0.4) is 0 Å². The predicted molar refractivity (Wildman–Crippen MR) is 68.2 cm³/mol. The highest BCUT2D eigenvalue weighted by atomic mass is 19.3. The highest BCUT2D eigenvalue weighted by Gasteiger charge is 2.58. The van der Waals surface area contributed by atoms with Crippen LogP contribution in [0, 0.1) is 22.7 Å². The van der Waals surface area contributed by atoms with Gasteiger partial charge in [0.25, 0.3) is 0 Å². The summed E-state index contributed by atoms with van der Waals surface area (Å²) in [5.41, 5.74) is -0.223. The first-order valence-electron chi connectivity index (χ1n) is 7.42. The van der Waals surface area contributed by atoms with Crippen molar-refractivity contribution in [1.29, 1.82) is 0 Å². The van der Waals surface area contributed by atoms with Gasteiger partial charge in [-0.2, -0.15) is 8.78 Å². The highest BCUT2D eigenvalue weighted by Crippen LogP contribution is 2.65. The van der Waals surface area contributed by atoms with Crippen molar-refractivity contribution < 1.29 is 23.4 Å². The van der Waals surface area contributed by atoms with E-state index in [0.29, 0.717) is 18.8 Å². The number of carbonyl (C=O) groups is 1. The Hall–Kier alpha value is -0.710. The SMILES string of the molecule is CC(F)(F)C(=O)OCC12CC3CC(CC(CO)(C3)C1)C2. The van der Waals surface area contributed by atoms with E-state index in [1.54, 1.807) is 0 Å². The van der Waals surface area contributed by atoms with Crippen molar-refractivity contribution in [3.8, 4) is 0 Å². The number of carbonyl (C=O) groups excluding carboxylic acids is 1. The number of aliphatic hydroxyl groups excluding tert-OH is 1. The Morgan fingerprint density at radius 1 is 1.25 bits per heavy atom. The van der Waals surface area contributed by atoms with Gasteiger partial charge >= 0.3 is 11.9 Å². The van der Waals surface area contributed by atoms with E-state index in [1.165, 1.54) is 6.42 Å². The van der Waals surface area contributed by atoms with E-state index < -0.39 is 11.9 Å². The molecule has 1 N–H and O–H groups in total. The van der Waals surface area contributed by atoms with Crippen molar-refractivity contribution in [1.82, 2.24) is 0 Å². The Morgan fingerprint density at radius 3 is 2.30 bits per heavy atom. The normalized spacial score (nSPS) is 42.8. The van der Waals surface area contributed by atoms with Crippen LogP contribution in [0.4, 0.5) is 8.78 Å². The Bertz CT molecular complexity index is 402. The van der Waals surface area contributed by atoms with Crippen LogP contribution < -0.4 is 0 Å². The Balaban J connectivity index is 1.71. The molecule has 4 aliphatic carbocycles. The molecule has 4 rings (SSSR count). The number of hydrogen-bond donors (Lipinski definition) is 1. The van der Waals surface area contributed by atoms with E-state index in [4.69, 9.17) is 4.74 Å². The molecule has 3 nitrogen and oxygen atoms in total. The molecular weight excluding hydrogens is 266 g/mol. The van der Waals surface area contributed by atoms with Crippen molar-refractivity contribution >= 4 is 5.97 Å². The third-order valence-electron chi connectivity index (χ3n) is 5.51. The molecule has 2 unspecified atom stereocenters. The molecule has 0 amide bonds. The van der Waals surface area contributed by atoms with Crippen molar-refractivity contribution in [2.45, 2.75) is 51.4 Å². The smallest absolute Gasteiger partial charge is 0.376 e. The Morgan fingerprint density at radius 2 is 1.80 bits per heavy atom. The van der Waals surface area contributed by atoms with Gasteiger partial charge < -0.3 is 9.84 Å². The maximum absolute atomic E-state index is 12.9. The molecule has 0 aromatic rings. The molecule has 4 aliphatic rings. The third kappa shape index (κ3) is 2.34. The van der Waals surface area contributed by atoms with Crippen molar-refractivity contribution in [2.24, 2.45) is 22.7 Å². The van der Waals surface area contributed by atoms with Crippen molar-refractivity contribution in [2.75, 3.05) is 13.2 Å². The minimum atomic E-state index is -3.42. The van der Waals surface area contributed by atoms with E-state index in [2.05, 4.69) is 0 Å². The van der Waals surface area contributed by atoms with E-state index in [0.717, 1.165) is 32.1 Å². The van der Waals surface area contributed by atoms with Gasteiger partial charge in [0, 0.05) is 18.9 Å². The average Bonchev–Trinajstić information content (AvgIpc) is 2.33. The standard InChI is InChI=1S/C15H22F2O3/c1-13(16,17)12(19)20-9-15-5-10-2-11(6-15)4-14(3-10,7-15)8-18/h10-11,18H,2-9H2,1H3. The van der Waals surface area contributed by atoms with E-state index in [1.807, 2.05) is 0 Å². The van der Waals surface area contributed by atoms with Crippen LogP contribution in [0.1, 0.15) is 45.4 Å². The van der Waals surface area contributed by atoms with Crippen molar-refractivity contribution in [3.05, 3.63) is 0 Å². The Kier molecular flexibility index (Phi) is 3.13. The van der Waals surface area contributed by atoms with Gasteiger partial charge in [-0.1, -0.05) is 0 Å². The first-order valence-corrected chi connectivity index (χ1v) is 7.42. The van der Waals surface area contributed by atoms with Gasteiger partial charge in [-0.25, -0.2) is 4.79 Å². The summed E-state index contributed by atoms with van der Waals surface area (Å²) in [5, 5.41) is 9.72. The molecule has 4 bridgehead atoms. The summed E-state index contributed by atoms with van der Waals surface area (Å²) in [6.45, 7) is 0.827. The Labute approximate surface area is 117 Å². The lowest BCUT2D eigenvalue weighted by molar-refractivity contribution is -0.187. The molecule has 0 aromatic carbocycles. The molecule has 0 radical (unpaired) electrons. The minimum absolute atomic E-state index is 0.0504. The van der Waals surface area contributed by atoms with Gasteiger partial charge in [-0.3, -0.25) is 0 Å². The van der Waals surface area contributed by atoms with Crippen LogP contribution in [0.5, 0.6) is 0 Å². The van der Waals surface area contributed by atoms with Gasteiger partial charge in [0.1, 0.15) is 0 Å². The van der Waals surface area contributed by atoms with Crippen LogP contribution >= 0.6 is 0 Å². The summed E-state index contributed by atoms with van der Waals surface area (Å²) in [4.78, 5) is 11.3. The lowest BCUT2D eigenvalue weighted by Gasteiger charge is -2.61. The molecule has 0 saturated heterocycles. The molecule has 0 spiro atoms. The number of esters is 1. The topological polar surface area (TPSA) is 46.5 Å². The molecule has 4 fully saturated rings. The molecule has 20 heavy (non-hydrogen) atoms. The number of rotatable bonds is 4. The van der Waals surface area contributed by atoms with Gasteiger partial charge in [0.2, 0.25) is 0 Å². The maximum atomic E-state index is 12.9. The van der Waals surface area contributed by atoms with Gasteiger partial charge in [-0.05, 0) is 55.8 Å². The lowest BCUT2D eigenvalue weighted by Crippen LogP contribution is -2.55.